The van der Waals surface area contributed by atoms with Gasteiger partial charge in [0.1, 0.15) is 12.7 Å². The Morgan fingerprint density at radius 2 is 0.764 bits per heavy atom. The topological polar surface area (TPSA) is 155 Å². The Morgan fingerprint density at radius 1 is 0.417 bits per heavy atom. The zero-order valence-corrected chi connectivity index (χ0v) is 46.3. The average molecular weight is 1030 g/mol. The zero-order valence-electron chi connectivity index (χ0n) is 45.4. The second kappa shape index (κ2) is 53.7. The summed E-state index contributed by atoms with van der Waals surface area (Å²) in [6.07, 6.45) is 62.5. The van der Waals surface area contributed by atoms with E-state index in [0.29, 0.717) is 19.3 Å². The number of unbranched alkanes of at least 4 members (excludes halogenated alkanes) is 19. The predicted octanol–water partition coefficient (Wildman–Crippen LogP) is 16.5. The summed E-state index contributed by atoms with van der Waals surface area (Å²) >= 11 is 0. The van der Waals surface area contributed by atoms with E-state index in [0.717, 1.165) is 96.3 Å². The molecule has 412 valence electrons. The molecule has 0 aromatic rings. The monoisotopic (exact) mass is 1030 g/mol. The van der Waals surface area contributed by atoms with Crippen LogP contribution in [-0.4, -0.2) is 66.5 Å². The van der Waals surface area contributed by atoms with Gasteiger partial charge in [-0.15, -0.1) is 0 Å². The van der Waals surface area contributed by atoms with Gasteiger partial charge in [0.2, 0.25) is 0 Å². The lowest BCUT2D eigenvalue weighted by molar-refractivity contribution is -0.161. The maximum absolute atomic E-state index is 12.9. The number of ether oxygens (including phenoxy) is 3. The molecule has 11 nitrogen and oxygen atoms in total. The van der Waals surface area contributed by atoms with Crippen molar-refractivity contribution in [3.8, 4) is 0 Å². The van der Waals surface area contributed by atoms with Crippen LogP contribution in [0, 0.1) is 0 Å². The maximum atomic E-state index is 12.9. The molecule has 0 saturated heterocycles. The molecule has 0 heterocycles. The molecule has 0 aromatic carbocycles. The number of phosphoric acid groups is 1. The first-order valence-electron chi connectivity index (χ1n) is 28.1. The lowest BCUT2D eigenvalue weighted by atomic mass is 10.0. The van der Waals surface area contributed by atoms with Gasteiger partial charge in [0, 0.05) is 12.8 Å². The Labute approximate surface area is 438 Å². The summed E-state index contributed by atoms with van der Waals surface area (Å²) in [4.78, 5) is 48.4. The summed E-state index contributed by atoms with van der Waals surface area (Å²) in [6.45, 7) is 4.29. The van der Waals surface area contributed by atoms with Gasteiger partial charge in [-0.1, -0.05) is 227 Å². The zero-order chi connectivity index (χ0) is 52.7. The van der Waals surface area contributed by atoms with Crippen LogP contribution in [0.2, 0.25) is 0 Å². The van der Waals surface area contributed by atoms with Crippen LogP contribution in [-0.2, 0) is 42.2 Å². The minimum Gasteiger partial charge on any atom is -0.461 e. The van der Waals surface area contributed by atoms with E-state index in [4.69, 9.17) is 23.3 Å². The van der Waals surface area contributed by atoms with Gasteiger partial charge in [0.15, 0.2) is 6.10 Å². The van der Waals surface area contributed by atoms with Crippen molar-refractivity contribution < 1.29 is 52.2 Å². The first kappa shape index (κ1) is 68.4. The minimum absolute atomic E-state index is 0.0128. The fraction of sp³-hybridized carbons (Fsp3) is 0.683. The van der Waals surface area contributed by atoms with E-state index in [-0.39, 0.29) is 19.3 Å². The predicted molar refractivity (Wildman–Crippen MR) is 297 cm³/mol. The molecule has 0 aliphatic heterocycles. The molecule has 0 radical (unpaired) electrons. The number of esters is 3. The number of hydrogen-bond donors (Lipinski definition) is 2. The molecule has 3 unspecified atom stereocenters. The summed E-state index contributed by atoms with van der Waals surface area (Å²) in [5.74, 6) is -1.64. The SMILES string of the molecule is CC/C=C\C/C=C\C/C=C\C/C=C\C/C=C\CC(=O)OCC(COP(=O)(O)OCC(CO)OC(=O)CCCCCCCCCCCCCCCCC)OC(=O)CCCCCCC/C=C\C/C=C\C/C=C\CC. The standard InChI is InChI=1S/C60H101O11P/c1-4-7-10-13-16-19-22-25-28-31-34-37-40-43-46-49-58(62)67-53-57(71-60(64)51-48-45-42-39-36-33-30-27-24-21-18-15-12-9-6-3)55-69-72(65,66)68-54-56(52-61)70-59(63)50-47-44-41-38-35-32-29-26-23-20-17-14-11-8-5-2/h7,9-10,12,16,18-19,21,25,27-28,30,34,37,43,46,56-57,61H,4-6,8,11,13-15,17,20,22-24,26,29,31-33,35-36,38-42,44-45,47-55H2,1-3H3,(H,65,66)/b10-7-,12-9-,19-16-,21-18-,28-25-,30-27-,37-34-,46-43-. The summed E-state index contributed by atoms with van der Waals surface area (Å²) in [5.41, 5.74) is 0. The quantitative estimate of drug-likeness (QED) is 0.0197. The fourth-order valence-electron chi connectivity index (χ4n) is 7.33. The van der Waals surface area contributed by atoms with E-state index in [9.17, 15) is 28.9 Å². The Bertz CT molecular complexity index is 1580. The molecule has 0 bridgehead atoms. The third-order valence-corrected chi connectivity index (χ3v) is 12.5. The van der Waals surface area contributed by atoms with Crippen LogP contribution in [0.3, 0.4) is 0 Å². The van der Waals surface area contributed by atoms with Crippen LogP contribution in [0.15, 0.2) is 97.2 Å². The smallest absolute Gasteiger partial charge is 0.461 e. The van der Waals surface area contributed by atoms with Gasteiger partial charge < -0.3 is 24.2 Å². The highest BCUT2D eigenvalue weighted by Gasteiger charge is 2.28. The number of allylic oxidation sites excluding steroid dienone is 15. The van der Waals surface area contributed by atoms with Crippen LogP contribution < -0.4 is 0 Å². The van der Waals surface area contributed by atoms with Crippen molar-refractivity contribution >= 4 is 25.7 Å². The second-order valence-electron chi connectivity index (χ2n) is 18.4. The molecule has 72 heavy (non-hydrogen) atoms. The van der Waals surface area contributed by atoms with Crippen LogP contribution in [0.1, 0.15) is 226 Å². The average Bonchev–Trinajstić information content (AvgIpc) is 3.37. The second-order valence-corrected chi connectivity index (χ2v) is 19.8. The molecule has 3 atom stereocenters. The molecule has 12 heteroatoms. The lowest BCUT2D eigenvalue weighted by Gasteiger charge is -2.21. The highest BCUT2D eigenvalue weighted by Crippen LogP contribution is 2.43. The maximum Gasteiger partial charge on any atom is 0.472 e. The van der Waals surface area contributed by atoms with Gasteiger partial charge in [-0.2, -0.15) is 0 Å². The normalized spacial score (nSPS) is 14.1. The van der Waals surface area contributed by atoms with Crippen LogP contribution in [0.5, 0.6) is 0 Å². The number of carbonyl (C=O) groups is 3. The third kappa shape index (κ3) is 51.3. The number of rotatable bonds is 51. The highest BCUT2D eigenvalue weighted by atomic mass is 31.2. The van der Waals surface area contributed by atoms with Gasteiger partial charge in [0.25, 0.3) is 0 Å². The van der Waals surface area contributed by atoms with Gasteiger partial charge in [-0.25, -0.2) is 4.57 Å². The van der Waals surface area contributed by atoms with E-state index >= 15 is 0 Å². The van der Waals surface area contributed by atoms with Crippen molar-refractivity contribution in [1.29, 1.82) is 0 Å². The lowest BCUT2D eigenvalue weighted by Crippen LogP contribution is -2.30. The van der Waals surface area contributed by atoms with Gasteiger partial charge >= 0.3 is 25.7 Å². The largest absolute Gasteiger partial charge is 0.472 e. The highest BCUT2D eigenvalue weighted by molar-refractivity contribution is 7.47. The van der Waals surface area contributed by atoms with Crippen LogP contribution >= 0.6 is 7.82 Å². The molecule has 2 N–H and O–H groups in total. The summed E-state index contributed by atoms with van der Waals surface area (Å²) in [7, 11) is -4.77. The van der Waals surface area contributed by atoms with Crippen molar-refractivity contribution in [2.24, 2.45) is 0 Å². The molecule has 0 saturated carbocycles. The third-order valence-electron chi connectivity index (χ3n) is 11.5. The van der Waals surface area contributed by atoms with Crippen molar-refractivity contribution in [3.63, 3.8) is 0 Å². The first-order chi connectivity index (χ1) is 35.2. The molecule has 0 fully saturated rings. The number of carbonyl (C=O) groups excluding carboxylic acids is 3. The number of phosphoric ester groups is 1. The number of hydrogen-bond acceptors (Lipinski definition) is 10. The van der Waals surface area contributed by atoms with Crippen LogP contribution in [0.25, 0.3) is 0 Å². The Balaban J connectivity index is 4.83. The molecule has 0 aliphatic rings. The van der Waals surface area contributed by atoms with E-state index < -0.39 is 64.4 Å². The van der Waals surface area contributed by atoms with E-state index in [2.05, 4.69) is 99.8 Å². The molecular formula is C60H101O11P. The fourth-order valence-corrected chi connectivity index (χ4v) is 8.11. The van der Waals surface area contributed by atoms with Crippen molar-refractivity contribution in [1.82, 2.24) is 0 Å². The van der Waals surface area contributed by atoms with Crippen molar-refractivity contribution in [2.75, 3.05) is 26.4 Å². The minimum atomic E-state index is -4.77. The molecule has 0 rings (SSSR count). The van der Waals surface area contributed by atoms with Crippen molar-refractivity contribution in [3.05, 3.63) is 97.2 Å². The van der Waals surface area contributed by atoms with E-state index in [1.54, 1.807) is 6.08 Å². The summed E-state index contributed by atoms with van der Waals surface area (Å²) in [5, 5.41) is 9.81. The Kier molecular flexibility index (Phi) is 51.0. The molecule has 0 aliphatic carbocycles. The van der Waals surface area contributed by atoms with E-state index in [1.807, 2.05) is 12.2 Å². The van der Waals surface area contributed by atoms with Gasteiger partial charge in [0.05, 0.1) is 26.2 Å². The van der Waals surface area contributed by atoms with Crippen molar-refractivity contribution in [2.45, 2.75) is 238 Å². The number of aliphatic hydroxyl groups excluding tert-OH is 1. The Hall–Kier alpha value is -3.60. The first-order valence-corrected chi connectivity index (χ1v) is 29.6. The molecular weight excluding hydrogens is 928 g/mol. The van der Waals surface area contributed by atoms with E-state index in [1.165, 1.54) is 70.6 Å². The van der Waals surface area contributed by atoms with Gasteiger partial charge in [-0.3, -0.25) is 23.4 Å². The van der Waals surface area contributed by atoms with Gasteiger partial charge in [-0.05, 0) is 77.0 Å². The summed E-state index contributed by atoms with van der Waals surface area (Å²) < 4.78 is 39.3. The number of aliphatic hydroxyl groups is 1. The van der Waals surface area contributed by atoms with Crippen LogP contribution in [0.4, 0.5) is 0 Å². The molecule has 0 spiro atoms. The molecule has 0 aromatic heterocycles. The molecule has 0 amide bonds. The Morgan fingerprint density at radius 3 is 1.18 bits per heavy atom. The summed E-state index contributed by atoms with van der Waals surface area (Å²) in [6, 6.07) is 0.